The highest BCUT2D eigenvalue weighted by Crippen LogP contribution is 2.55. The fourth-order valence-corrected chi connectivity index (χ4v) is 6.74. The molecule has 0 unspecified atom stereocenters. The number of allylic oxidation sites excluding steroid dienone is 6. The molecule has 40 heavy (non-hydrogen) atoms. The van der Waals surface area contributed by atoms with Gasteiger partial charge in [-0.25, -0.2) is 5.43 Å². The van der Waals surface area contributed by atoms with E-state index in [1.54, 1.807) is 23.2 Å². The van der Waals surface area contributed by atoms with Crippen molar-refractivity contribution in [2.45, 2.75) is 45.0 Å². The minimum Gasteiger partial charge on any atom is -0.406 e. The van der Waals surface area contributed by atoms with Crippen LogP contribution in [0.25, 0.3) is 0 Å². The quantitative estimate of drug-likeness (QED) is 0.397. The minimum atomic E-state index is -4.68. The maximum absolute atomic E-state index is 13.1. The van der Waals surface area contributed by atoms with Crippen molar-refractivity contribution in [3.8, 4) is 5.75 Å². The minimum absolute atomic E-state index is 0.0611. The Bertz CT molecular complexity index is 1320. The van der Waals surface area contributed by atoms with E-state index in [1.165, 1.54) is 17.7 Å². The number of hydrogen-bond donors (Lipinski definition) is 2. The molecule has 3 aliphatic heterocycles. The highest BCUT2D eigenvalue weighted by atomic mass is 35.5. The van der Waals surface area contributed by atoms with E-state index in [0.29, 0.717) is 23.0 Å². The molecule has 5 aliphatic rings. The van der Waals surface area contributed by atoms with Crippen LogP contribution < -0.4 is 20.4 Å². The Morgan fingerprint density at radius 1 is 1.20 bits per heavy atom. The van der Waals surface area contributed by atoms with Gasteiger partial charge in [0.25, 0.3) is 5.91 Å². The number of fused-ring (bicyclic) bond motifs is 1. The molecule has 6 nitrogen and oxygen atoms in total. The first kappa shape index (κ1) is 27.0. The van der Waals surface area contributed by atoms with Crippen LogP contribution in [0, 0.1) is 17.3 Å². The normalized spacial score (nSPS) is 25.3. The Morgan fingerprint density at radius 3 is 2.60 bits per heavy atom. The van der Waals surface area contributed by atoms with Gasteiger partial charge in [-0.15, -0.1) is 13.2 Å². The van der Waals surface area contributed by atoms with Gasteiger partial charge in [0, 0.05) is 30.7 Å². The number of carbonyl (C=O) groups is 1. The van der Waals surface area contributed by atoms with Gasteiger partial charge in [0.1, 0.15) is 10.9 Å². The van der Waals surface area contributed by atoms with E-state index in [-0.39, 0.29) is 23.6 Å². The van der Waals surface area contributed by atoms with Gasteiger partial charge in [-0.2, -0.15) is 0 Å². The molecule has 2 aliphatic carbocycles. The first-order valence-corrected chi connectivity index (χ1v) is 14.1. The predicted octanol–water partition coefficient (Wildman–Crippen LogP) is 5.92. The molecule has 2 atom stereocenters. The highest BCUT2D eigenvalue weighted by molar-refractivity contribution is 6.29. The van der Waals surface area contributed by atoms with Crippen LogP contribution in [0.5, 0.6) is 5.75 Å². The van der Waals surface area contributed by atoms with Gasteiger partial charge < -0.3 is 15.0 Å². The van der Waals surface area contributed by atoms with Crippen LogP contribution in [0.2, 0.25) is 0 Å². The van der Waals surface area contributed by atoms with Gasteiger partial charge in [-0.05, 0) is 79.5 Å². The zero-order valence-electron chi connectivity index (χ0n) is 22.2. The number of amides is 1. The molecule has 1 spiro atoms. The van der Waals surface area contributed by atoms with Crippen LogP contribution in [0.15, 0.2) is 82.7 Å². The molecule has 1 saturated carbocycles. The van der Waals surface area contributed by atoms with Crippen molar-refractivity contribution in [2.24, 2.45) is 17.3 Å². The zero-order valence-corrected chi connectivity index (χ0v) is 22.9. The summed E-state index contributed by atoms with van der Waals surface area (Å²) in [5.41, 5.74) is 7.43. The average molecular weight is 573 g/mol. The van der Waals surface area contributed by atoms with Gasteiger partial charge in [0.15, 0.2) is 0 Å². The first-order valence-electron chi connectivity index (χ1n) is 13.7. The molecule has 2 N–H and O–H groups in total. The third-order valence-electron chi connectivity index (χ3n) is 8.56. The summed E-state index contributed by atoms with van der Waals surface area (Å²) in [5.74, 6) is 0.541. The summed E-state index contributed by atoms with van der Waals surface area (Å²) in [4.78, 5) is 15.3. The zero-order chi connectivity index (χ0) is 28.1. The summed E-state index contributed by atoms with van der Waals surface area (Å²) in [7, 11) is 0. The number of nitrogens with zero attached hydrogens (tertiary/aromatic N) is 2. The summed E-state index contributed by atoms with van der Waals surface area (Å²) < 4.78 is 41.1. The molecule has 10 heteroatoms. The van der Waals surface area contributed by atoms with Crippen molar-refractivity contribution in [3.63, 3.8) is 0 Å². The van der Waals surface area contributed by atoms with Gasteiger partial charge in [-0.1, -0.05) is 42.8 Å². The number of hydrogen-bond acceptors (Lipinski definition) is 5. The number of carbonyl (C=O) groups excluding carboxylic acids is 1. The number of benzene rings is 1. The van der Waals surface area contributed by atoms with E-state index in [4.69, 9.17) is 11.6 Å². The lowest BCUT2D eigenvalue weighted by molar-refractivity contribution is -0.274. The maximum atomic E-state index is 13.1. The molecule has 6 rings (SSSR count). The Hall–Kier alpha value is -3.17. The second kappa shape index (κ2) is 10.3. The maximum Gasteiger partial charge on any atom is 0.573 e. The summed E-state index contributed by atoms with van der Waals surface area (Å²) in [6.45, 7) is 4.47. The largest absolute Gasteiger partial charge is 0.573 e. The molecule has 0 radical (unpaired) electrons. The fourth-order valence-electron chi connectivity index (χ4n) is 6.53. The Balaban J connectivity index is 0.957. The number of rotatable bonds is 7. The van der Waals surface area contributed by atoms with Crippen molar-refractivity contribution >= 4 is 23.2 Å². The van der Waals surface area contributed by atoms with Gasteiger partial charge in [-0.3, -0.25) is 9.80 Å². The molecule has 212 valence electrons. The van der Waals surface area contributed by atoms with Crippen LogP contribution in [-0.2, 0) is 4.79 Å². The van der Waals surface area contributed by atoms with E-state index in [9.17, 15) is 18.0 Å². The third kappa shape index (κ3) is 5.29. The Kier molecular flexibility index (Phi) is 6.99. The number of halogens is 4. The van der Waals surface area contributed by atoms with Gasteiger partial charge >= 0.3 is 6.36 Å². The van der Waals surface area contributed by atoms with E-state index in [1.807, 2.05) is 19.1 Å². The standard InChI is InChI=1S/C30H32ClF3N4O2/c1-2-24-27(25-4-3-5-26(31)38(25)36-24)28(39)35-16-19-6-8-20(9-7-19)21-14-29(15-21)17-37(18-29)22-10-12-23(13-11-22)40-30(32,33)34/h3-6,8-13,19,21,24,36H,2,7,14-18H2,1H3,(H,35,39)/t19-,24+/m0/s1. The van der Waals surface area contributed by atoms with Gasteiger partial charge in [0.05, 0.1) is 17.3 Å². The Labute approximate surface area is 236 Å². The van der Waals surface area contributed by atoms with E-state index in [0.717, 1.165) is 55.7 Å². The third-order valence-corrected chi connectivity index (χ3v) is 8.86. The molecular weight excluding hydrogens is 541 g/mol. The van der Waals surface area contributed by atoms with Crippen LogP contribution in [0.1, 0.15) is 32.6 Å². The average Bonchev–Trinajstić information content (AvgIpc) is 3.26. The number of alkyl halides is 3. The van der Waals surface area contributed by atoms with Crippen LogP contribution in [-0.4, -0.2) is 43.0 Å². The van der Waals surface area contributed by atoms with Crippen molar-refractivity contribution < 1.29 is 22.7 Å². The van der Waals surface area contributed by atoms with E-state index < -0.39 is 6.36 Å². The summed E-state index contributed by atoms with van der Waals surface area (Å²) in [6.07, 6.45) is 11.6. The smallest absolute Gasteiger partial charge is 0.406 e. The number of hydrazine groups is 1. The summed E-state index contributed by atoms with van der Waals surface area (Å²) in [5, 5.41) is 5.46. The molecule has 1 aromatic rings. The molecule has 1 aromatic carbocycles. The van der Waals surface area contributed by atoms with Crippen LogP contribution in [0.4, 0.5) is 18.9 Å². The topological polar surface area (TPSA) is 56.8 Å². The summed E-state index contributed by atoms with van der Waals surface area (Å²) in [6, 6.07) is 6.03. The van der Waals surface area contributed by atoms with Crippen LogP contribution in [0.3, 0.4) is 0 Å². The number of anilines is 1. The van der Waals surface area contributed by atoms with Crippen LogP contribution >= 0.6 is 11.6 Å². The van der Waals surface area contributed by atoms with Crippen molar-refractivity contribution in [1.29, 1.82) is 0 Å². The first-order chi connectivity index (χ1) is 19.1. The number of nitrogens with one attached hydrogen (secondary N) is 2. The number of ether oxygens (including phenoxy) is 1. The van der Waals surface area contributed by atoms with Crippen molar-refractivity contribution in [2.75, 3.05) is 24.5 Å². The Morgan fingerprint density at radius 2 is 1.95 bits per heavy atom. The van der Waals surface area contributed by atoms with Gasteiger partial charge in [0.2, 0.25) is 0 Å². The lowest BCUT2D eigenvalue weighted by Gasteiger charge is -2.60. The predicted molar refractivity (Wildman–Crippen MR) is 148 cm³/mol. The highest BCUT2D eigenvalue weighted by Gasteiger charge is 2.52. The monoisotopic (exact) mass is 572 g/mol. The molecule has 3 heterocycles. The fraction of sp³-hybridized carbons (Fsp3) is 0.433. The van der Waals surface area contributed by atoms with E-state index in [2.05, 4.69) is 38.6 Å². The lowest BCUT2D eigenvalue weighted by atomic mass is 9.55. The second-order valence-electron chi connectivity index (χ2n) is 11.3. The molecular formula is C30H32ClF3N4O2. The van der Waals surface area contributed by atoms with Crippen molar-refractivity contribution in [3.05, 3.63) is 82.7 Å². The van der Waals surface area contributed by atoms with Crippen molar-refractivity contribution in [1.82, 2.24) is 15.8 Å². The summed E-state index contributed by atoms with van der Waals surface area (Å²) >= 11 is 6.31. The SMILES string of the molecule is CC[C@H]1NN2C(Cl)=CC=CC2=C1C(=O)NC[C@H]1C=CC(C2CC3(C2)CN(c2ccc(OC(F)(F)F)cc2)C3)=CC1. The van der Waals surface area contributed by atoms with E-state index >= 15 is 0 Å². The molecule has 0 aromatic heterocycles. The lowest BCUT2D eigenvalue weighted by Crippen LogP contribution is -2.62. The molecule has 0 bridgehead atoms. The molecule has 2 fully saturated rings. The second-order valence-corrected chi connectivity index (χ2v) is 11.7. The molecule has 1 amide bonds. The molecule has 1 saturated heterocycles.